The van der Waals surface area contributed by atoms with Crippen LogP contribution in [0.4, 0.5) is 18.0 Å². The number of halogens is 3. The van der Waals surface area contributed by atoms with Crippen molar-refractivity contribution in [2.75, 3.05) is 13.2 Å². The Morgan fingerprint density at radius 1 is 1.21 bits per heavy atom. The van der Waals surface area contributed by atoms with E-state index in [9.17, 15) is 22.8 Å². The van der Waals surface area contributed by atoms with Gasteiger partial charge in [0.25, 0.3) is 0 Å². The second kappa shape index (κ2) is 7.79. The quantitative estimate of drug-likeness (QED) is 0.798. The third-order valence-corrected chi connectivity index (χ3v) is 4.08. The number of nitrogens with zero attached hydrogens (tertiary/aromatic N) is 1. The highest BCUT2D eigenvalue weighted by atomic mass is 19.4. The molecule has 1 aliphatic heterocycles. The number of carbonyl (C=O) groups is 2. The molecule has 1 aliphatic rings. The summed E-state index contributed by atoms with van der Waals surface area (Å²) in [6.45, 7) is 0.334. The number of rotatable bonds is 6. The summed E-state index contributed by atoms with van der Waals surface area (Å²) in [5.41, 5.74) is -0.207. The van der Waals surface area contributed by atoms with Crippen LogP contribution in [-0.4, -0.2) is 35.2 Å². The van der Waals surface area contributed by atoms with Crippen LogP contribution >= 0.6 is 0 Å². The van der Waals surface area contributed by atoms with E-state index in [0.717, 1.165) is 12.1 Å². The molecular formula is C19H16F3NO5. The Bertz CT molecular complexity index is 897. The average molecular weight is 395 g/mol. The normalized spacial score (nSPS) is 14.1. The van der Waals surface area contributed by atoms with E-state index < -0.39 is 23.8 Å². The van der Waals surface area contributed by atoms with Crippen molar-refractivity contribution in [1.29, 1.82) is 0 Å². The molecule has 28 heavy (non-hydrogen) atoms. The summed E-state index contributed by atoms with van der Waals surface area (Å²) in [5, 5.41) is 8.89. The van der Waals surface area contributed by atoms with Gasteiger partial charge in [-0.05, 0) is 35.9 Å². The first-order chi connectivity index (χ1) is 13.2. The van der Waals surface area contributed by atoms with E-state index in [1.54, 1.807) is 18.2 Å². The van der Waals surface area contributed by atoms with Crippen molar-refractivity contribution in [3.05, 3.63) is 59.2 Å². The molecule has 0 unspecified atom stereocenters. The molecule has 0 radical (unpaired) electrons. The van der Waals surface area contributed by atoms with Gasteiger partial charge >= 0.3 is 18.2 Å². The fraction of sp³-hybridized carbons (Fsp3) is 0.263. The van der Waals surface area contributed by atoms with Crippen molar-refractivity contribution in [3.63, 3.8) is 0 Å². The van der Waals surface area contributed by atoms with E-state index in [1.165, 1.54) is 17.0 Å². The number of hydrogen-bond donors (Lipinski definition) is 1. The van der Waals surface area contributed by atoms with Crippen LogP contribution in [0.15, 0.2) is 42.5 Å². The zero-order valence-electron chi connectivity index (χ0n) is 14.5. The van der Waals surface area contributed by atoms with Crippen LogP contribution in [0.25, 0.3) is 0 Å². The number of carbonyl (C=O) groups excluding carboxylic acids is 1. The molecule has 0 aromatic heterocycles. The van der Waals surface area contributed by atoms with Crippen molar-refractivity contribution in [2.24, 2.45) is 0 Å². The van der Waals surface area contributed by atoms with Crippen molar-refractivity contribution < 1.29 is 37.3 Å². The maximum Gasteiger partial charge on any atom is 0.416 e. The van der Waals surface area contributed by atoms with Gasteiger partial charge in [0, 0.05) is 5.56 Å². The van der Waals surface area contributed by atoms with Crippen LogP contribution < -0.4 is 4.74 Å². The third-order valence-electron chi connectivity index (χ3n) is 4.08. The van der Waals surface area contributed by atoms with Gasteiger partial charge in [0.1, 0.15) is 18.1 Å². The highest BCUT2D eigenvalue weighted by molar-refractivity contribution is 5.70. The largest absolute Gasteiger partial charge is 0.481 e. The lowest BCUT2D eigenvalue weighted by Crippen LogP contribution is -2.24. The average Bonchev–Trinajstić information content (AvgIpc) is 3.00. The zero-order valence-corrected chi connectivity index (χ0v) is 14.5. The minimum atomic E-state index is -4.54. The molecule has 148 valence electrons. The lowest BCUT2D eigenvalue weighted by Gasteiger charge is -2.18. The van der Waals surface area contributed by atoms with Crippen molar-refractivity contribution in [3.8, 4) is 11.5 Å². The van der Waals surface area contributed by atoms with Gasteiger partial charge in [-0.2, -0.15) is 13.2 Å². The smallest absolute Gasteiger partial charge is 0.416 e. The zero-order chi connectivity index (χ0) is 20.3. The predicted octanol–water partition coefficient (Wildman–Crippen LogP) is 4.08. The summed E-state index contributed by atoms with van der Waals surface area (Å²) >= 11 is 0. The molecule has 2 aromatic rings. The first kappa shape index (κ1) is 19.5. The number of aliphatic carboxylic acids is 1. The van der Waals surface area contributed by atoms with Crippen molar-refractivity contribution in [2.45, 2.75) is 19.1 Å². The lowest BCUT2D eigenvalue weighted by atomic mass is 10.1. The maximum atomic E-state index is 13.1. The second-order valence-corrected chi connectivity index (χ2v) is 6.18. The molecular weight excluding hydrogens is 379 g/mol. The molecule has 0 atom stereocenters. The Hall–Kier alpha value is -3.23. The molecule has 1 N–H and O–H groups in total. The molecule has 1 heterocycles. The van der Waals surface area contributed by atoms with E-state index >= 15 is 0 Å². The Morgan fingerprint density at radius 3 is 2.64 bits per heavy atom. The van der Waals surface area contributed by atoms with E-state index in [0.29, 0.717) is 5.56 Å². The van der Waals surface area contributed by atoms with Gasteiger partial charge in [-0.1, -0.05) is 12.1 Å². The molecule has 2 aromatic carbocycles. The first-order valence-electron chi connectivity index (χ1n) is 8.33. The fourth-order valence-corrected chi connectivity index (χ4v) is 2.77. The van der Waals surface area contributed by atoms with Crippen molar-refractivity contribution in [1.82, 2.24) is 4.90 Å². The van der Waals surface area contributed by atoms with Gasteiger partial charge in [-0.25, -0.2) is 4.79 Å². The summed E-state index contributed by atoms with van der Waals surface area (Å²) in [5.74, 6) is -0.594. The Morgan fingerprint density at radius 2 is 2.00 bits per heavy atom. The molecule has 9 heteroatoms. The molecule has 1 fully saturated rings. The van der Waals surface area contributed by atoms with Crippen LogP contribution in [0.1, 0.15) is 16.7 Å². The molecule has 0 bridgehead atoms. The number of alkyl halides is 3. The van der Waals surface area contributed by atoms with Crippen LogP contribution in [-0.2, 0) is 28.7 Å². The number of ether oxygens (including phenoxy) is 2. The number of carboxylic acids is 1. The summed E-state index contributed by atoms with van der Waals surface area (Å²) in [6.07, 6.45) is -5.36. The standard InChI is InChI=1S/C19H16F3NO5/c20-19(21,22)14-4-5-16(13(10-14)11-23-6-7-27-18(23)26)28-15-3-1-2-12(8-15)9-17(24)25/h1-5,8,10H,6-7,9,11H2,(H,24,25). The molecule has 0 spiro atoms. The van der Waals surface area contributed by atoms with Gasteiger partial charge in [0.15, 0.2) is 0 Å². The van der Waals surface area contributed by atoms with Gasteiger partial charge < -0.3 is 19.5 Å². The topological polar surface area (TPSA) is 76.1 Å². The highest BCUT2D eigenvalue weighted by Crippen LogP contribution is 2.35. The second-order valence-electron chi connectivity index (χ2n) is 6.18. The monoisotopic (exact) mass is 395 g/mol. The first-order valence-corrected chi connectivity index (χ1v) is 8.33. The van der Waals surface area contributed by atoms with Crippen LogP contribution in [0, 0.1) is 0 Å². The fourth-order valence-electron chi connectivity index (χ4n) is 2.77. The lowest BCUT2D eigenvalue weighted by molar-refractivity contribution is -0.138. The number of amides is 1. The number of carboxylic acid groups (broad SMARTS) is 1. The van der Waals surface area contributed by atoms with Gasteiger partial charge in [0.2, 0.25) is 0 Å². The van der Waals surface area contributed by atoms with Crippen LogP contribution in [0.5, 0.6) is 11.5 Å². The molecule has 1 amide bonds. The number of hydrogen-bond acceptors (Lipinski definition) is 4. The summed E-state index contributed by atoms with van der Waals surface area (Å²) in [6, 6.07) is 9.27. The van der Waals surface area contributed by atoms with E-state index in [-0.39, 0.29) is 43.2 Å². The number of benzene rings is 2. The van der Waals surface area contributed by atoms with Crippen molar-refractivity contribution >= 4 is 12.1 Å². The van der Waals surface area contributed by atoms with Crippen LogP contribution in [0.3, 0.4) is 0 Å². The molecule has 6 nitrogen and oxygen atoms in total. The molecule has 1 saturated heterocycles. The summed E-state index contributed by atoms with van der Waals surface area (Å²) in [7, 11) is 0. The minimum Gasteiger partial charge on any atom is -0.481 e. The van der Waals surface area contributed by atoms with E-state index in [1.807, 2.05) is 0 Å². The summed E-state index contributed by atoms with van der Waals surface area (Å²) < 4.78 is 49.8. The van der Waals surface area contributed by atoms with Gasteiger partial charge in [-0.3, -0.25) is 4.79 Å². The van der Waals surface area contributed by atoms with Gasteiger partial charge in [0.05, 0.1) is 25.1 Å². The number of cyclic esters (lactones) is 1. The Labute approximate surface area is 158 Å². The van der Waals surface area contributed by atoms with E-state index in [2.05, 4.69) is 0 Å². The van der Waals surface area contributed by atoms with Gasteiger partial charge in [-0.15, -0.1) is 0 Å². The highest BCUT2D eigenvalue weighted by Gasteiger charge is 2.32. The summed E-state index contributed by atoms with van der Waals surface area (Å²) in [4.78, 5) is 23.8. The Kier molecular flexibility index (Phi) is 5.43. The SMILES string of the molecule is O=C(O)Cc1cccc(Oc2ccc(C(F)(F)F)cc2CN2CCOC2=O)c1. The predicted molar refractivity (Wildman–Crippen MR) is 91.1 cm³/mol. The van der Waals surface area contributed by atoms with E-state index in [4.69, 9.17) is 14.6 Å². The third kappa shape index (κ3) is 4.73. The Balaban J connectivity index is 1.90. The minimum absolute atomic E-state index is 0.104. The maximum absolute atomic E-state index is 13.1. The molecule has 0 aliphatic carbocycles. The molecule has 3 rings (SSSR count). The van der Waals surface area contributed by atoms with Crippen LogP contribution in [0.2, 0.25) is 0 Å². The molecule has 0 saturated carbocycles.